The van der Waals surface area contributed by atoms with Gasteiger partial charge < -0.3 is 4.84 Å². The van der Waals surface area contributed by atoms with E-state index in [2.05, 4.69) is 22.3 Å². The van der Waals surface area contributed by atoms with Crippen LogP contribution in [0.25, 0.3) is 0 Å². The number of rotatable bonds is 7. The zero-order chi connectivity index (χ0) is 14.0. The van der Waals surface area contributed by atoms with Crippen LogP contribution in [-0.2, 0) is 4.84 Å². The number of aromatic nitrogens is 2. The van der Waals surface area contributed by atoms with Gasteiger partial charge >= 0.3 is 0 Å². The van der Waals surface area contributed by atoms with Gasteiger partial charge in [0.2, 0.25) is 0 Å². The first-order valence-corrected chi connectivity index (χ1v) is 6.94. The summed E-state index contributed by atoms with van der Waals surface area (Å²) in [6, 6.07) is 11.8. The highest BCUT2D eigenvalue weighted by atomic mass is 16.6. The van der Waals surface area contributed by atoms with Gasteiger partial charge in [-0.15, -0.1) is 0 Å². The summed E-state index contributed by atoms with van der Waals surface area (Å²) in [5, 5.41) is 12.0. The van der Waals surface area contributed by atoms with E-state index in [9.17, 15) is 0 Å². The molecule has 0 aliphatic carbocycles. The van der Waals surface area contributed by atoms with Crippen LogP contribution in [0.3, 0.4) is 0 Å². The van der Waals surface area contributed by atoms with Crippen molar-refractivity contribution in [3.63, 3.8) is 0 Å². The van der Waals surface area contributed by atoms with Gasteiger partial charge in [-0.2, -0.15) is 10.2 Å². The maximum atomic E-state index is 5.45. The van der Waals surface area contributed by atoms with Crippen molar-refractivity contribution in [2.24, 2.45) is 5.16 Å². The summed E-state index contributed by atoms with van der Waals surface area (Å²) < 4.78 is 0. The second-order valence-electron chi connectivity index (χ2n) is 4.48. The maximum Gasteiger partial charge on any atom is 0.118 e. The molecule has 0 saturated heterocycles. The molecule has 4 nitrogen and oxygen atoms in total. The third-order valence-electron chi connectivity index (χ3n) is 2.90. The minimum atomic E-state index is 0.642. The monoisotopic (exact) mass is 269 g/mol. The highest BCUT2D eigenvalue weighted by Crippen LogP contribution is 2.10. The molecule has 4 heteroatoms. The first-order chi connectivity index (χ1) is 9.92. The quantitative estimate of drug-likeness (QED) is 0.439. The molecule has 0 unspecified atom stereocenters. The van der Waals surface area contributed by atoms with E-state index < -0.39 is 0 Å². The largest absolute Gasteiger partial charge is 0.395 e. The molecule has 0 N–H and O–H groups in total. The van der Waals surface area contributed by atoms with Crippen LogP contribution in [0.4, 0.5) is 0 Å². The molecule has 0 fully saturated rings. The SMILES string of the molecule is CCCCCO/N=C(/c1ccccc1)c1ccnnc1. The van der Waals surface area contributed by atoms with E-state index in [1.54, 1.807) is 12.4 Å². The minimum absolute atomic E-state index is 0.642. The molecule has 104 valence electrons. The van der Waals surface area contributed by atoms with Crippen molar-refractivity contribution in [1.29, 1.82) is 0 Å². The van der Waals surface area contributed by atoms with E-state index in [4.69, 9.17) is 4.84 Å². The molecule has 0 atom stereocenters. The molecule has 1 aromatic carbocycles. The first kappa shape index (κ1) is 14.2. The van der Waals surface area contributed by atoms with E-state index >= 15 is 0 Å². The Hall–Kier alpha value is -2.23. The average molecular weight is 269 g/mol. The maximum absolute atomic E-state index is 5.45. The topological polar surface area (TPSA) is 47.4 Å². The summed E-state index contributed by atoms with van der Waals surface area (Å²) in [6.45, 7) is 2.81. The number of oxime groups is 1. The van der Waals surface area contributed by atoms with Gasteiger partial charge in [0, 0.05) is 11.1 Å². The van der Waals surface area contributed by atoms with Crippen molar-refractivity contribution in [3.05, 3.63) is 59.9 Å². The van der Waals surface area contributed by atoms with Gasteiger partial charge in [-0.3, -0.25) is 0 Å². The fourth-order valence-corrected chi connectivity index (χ4v) is 1.83. The average Bonchev–Trinajstić information content (AvgIpc) is 2.53. The lowest BCUT2D eigenvalue weighted by Crippen LogP contribution is -2.05. The van der Waals surface area contributed by atoms with Gasteiger partial charge in [0.1, 0.15) is 12.3 Å². The van der Waals surface area contributed by atoms with Gasteiger partial charge in [0.15, 0.2) is 0 Å². The van der Waals surface area contributed by atoms with E-state index in [0.717, 1.165) is 29.7 Å². The van der Waals surface area contributed by atoms with Gasteiger partial charge in [-0.05, 0) is 12.5 Å². The lowest BCUT2D eigenvalue weighted by atomic mass is 10.1. The predicted octanol–water partition coefficient (Wildman–Crippen LogP) is 3.44. The Bertz CT molecular complexity index is 484. The summed E-state index contributed by atoms with van der Waals surface area (Å²) in [5.74, 6) is 0. The number of unbranched alkanes of at least 4 members (excludes halogenated alkanes) is 2. The van der Waals surface area contributed by atoms with Gasteiger partial charge in [-0.1, -0.05) is 55.3 Å². The molecule has 0 amide bonds. The van der Waals surface area contributed by atoms with Crippen molar-refractivity contribution in [2.45, 2.75) is 26.2 Å². The van der Waals surface area contributed by atoms with Crippen LogP contribution in [0, 0.1) is 0 Å². The van der Waals surface area contributed by atoms with Crippen LogP contribution in [0.1, 0.15) is 37.3 Å². The number of hydrogen-bond donors (Lipinski definition) is 0. The molecule has 1 aromatic heterocycles. The van der Waals surface area contributed by atoms with Crippen molar-refractivity contribution in [1.82, 2.24) is 10.2 Å². The van der Waals surface area contributed by atoms with Crippen LogP contribution in [0.5, 0.6) is 0 Å². The molecule has 1 heterocycles. The van der Waals surface area contributed by atoms with Crippen LogP contribution in [0.2, 0.25) is 0 Å². The normalized spacial score (nSPS) is 11.3. The fourth-order valence-electron chi connectivity index (χ4n) is 1.83. The van der Waals surface area contributed by atoms with Gasteiger partial charge in [0.25, 0.3) is 0 Å². The van der Waals surface area contributed by atoms with Crippen LogP contribution in [0.15, 0.2) is 53.9 Å². The Morgan fingerprint density at radius 1 is 1.05 bits per heavy atom. The molecular formula is C16H19N3O. The Balaban J connectivity index is 2.15. The third-order valence-corrected chi connectivity index (χ3v) is 2.90. The second-order valence-corrected chi connectivity index (χ2v) is 4.48. The number of nitrogens with zero attached hydrogens (tertiary/aromatic N) is 3. The molecular weight excluding hydrogens is 250 g/mol. The Morgan fingerprint density at radius 2 is 1.90 bits per heavy atom. The molecule has 0 radical (unpaired) electrons. The summed E-state index contributed by atoms with van der Waals surface area (Å²) in [6.07, 6.45) is 6.71. The van der Waals surface area contributed by atoms with Gasteiger partial charge in [0.05, 0.1) is 12.4 Å². The first-order valence-electron chi connectivity index (χ1n) is 6.94. The lowest BCUT2D eigenvalue weighted by molar-refractivity contribution is 0.140. The summed E-state index contributed by atoms with van der Waals surface area (Å²) in [5.41, 5.74) is 2.70. The second kappa shape index (κ2) is 8.04. The molecule has 0 aliphatic heterocycles. The zero-order valence-corrected chi connectivity index (χ0v) is 11.7. The molecule has 0 bridgehead atoms. The Kier molecular flexibility index (Phi) is 5.71. The van der Waals surface area contributed by atoms with E-state index in [0.29, 0.717) is 6.61 Å². The summed E-state index contributed by atoms with van der Waals surface area (Å²) in [7, 11) is 0. The summed E-state index contributed by atoms with van der Waals surface area (Å²) >= 11 is 0. The van der Waals surface area contributed by atoms with E-state index in [1.165, 1.54) is 6.42 Å². The Morgan fingerprint density at radius 3 is 2.60 bits per heavy atom. The molecule has 0 spiro atoms. The zero-order valence-electron chi connectivity index (χ0n) is 11.7. The van der Waals surface area contributed by atoms with Crippen LogP contribution in [-0.4, -0.2) is 22.5 Å². The molecule has 2 rings (SSSR count). The standard InChI is InChI=1S/C16H19N3O/c1-2-3-7-12-20-19-16(14-8-5-4-6-9-14)15-10-11-17-18-13-15/h4-6,8-11,13H,2-3,7,12H2,1H3/b19-16-. The number of hydrogen-bond acceptors (Lipinski definition) is 4. The van der Waals surface area contributed by atoms with Crippen molar-refractivity contribution < 1.29 is 4.84 Å². The number of benzene rings is 1. The van der Waals surface area contributed by atoms with Crippen LogP contribution < -0.4 is 0 Å². The highest BCUT2D eigenvalue weighted by molar-refractivity contribution is 6.12. The van der Waals surface area contributed by atoms with E-state index in [-0.39, 0.29) is 0 Å². The third kappa shape index (κ3) is 4.16. The van der Waals surface area contributed by atoms with Crippen molar-refractivity contribution in [3.8, 4) is 0 Å². The predicted molar refractivity (Wildman–Crippen MR) is 79.6 cm³/mol. The fraction of sp³-hybridized carbons (Fsp3) is 0.312. The highest BCUT2D eigenvalue weighted by Gasteiger charge is 2.07. The van der Waals surface area contributed by atoms with Crippen molar-refractivity contribution in [2.75, 3.05) is 6.61 Å². The smallest absolute Gasteiger partial charge is 0.118 e. The molecule has 2 aromatic rings. The molecule has 0 saturated carbocycles. The Labute approximate surface area is 119 Å². The minimum Gasteiger partial charge on any atom is -0.395 e. The van der Waals surface area contributed by atoms with Crippen molar-refractivity contribution >= 4 is 5.71 Å². The molecule has 0 aliphatic rings. The van der Waals surface area contributed by atoms with Crippen LogP contribution >= 0.6 is 0 Å². The van der Waals surface area contributed by atoms with Gasteiger partial charge in [-0.25, -0.2) is 0 Å². The lowest BCUT2D eigenvalue weighted by Gasteiger charge is -2.06. The molecule has 20 heavy (non-hydrogen) atoms. The summed E-state index contributed by atoms with van der Waals surface area (Å²) in [4.78, 5) is 5.45. The van der Waals surface area contributed by atoms with E-state index in [1.807, 2.05) is 36.4 Å².